The van der Waals surface area contributed by atoms with Gasteiger partial charge in [0.05, 0.1) is 11.8 Å². The second kappa shape index (κ2) is 9.22. The van der Waals surface area contributed by atoms with Crippen LogP contribution in [-0.4, -0.2) is 48.1 Å². The summed E-state index contributed by atoms with van der Waals surface area (Å²) in [5.74, 6) is 0.480. The molecule has 0 radical (unpaired) electrons. The molecule has 0 saturated carbocycles. The lowest BCUT2D eigenvalue weighted by Gasteiger charge is -2.34. The van der Waals surface area contributed by atoms with Gasteiger partial charge in [0.2, 0.25) is 5.95 Å². The molecule has 0 bridgehead atoms. The van der Waals surface area contributed by atoms with Gasteiger partial charge in [0.25, 0.3) is 0 Å². The monoisotopic (exact) mass is 462 g/mol. The lowest BCUT2D eigenvalue weighted by atomic mass is 10.2. The van der Waals surface area contributed by atoms with Crippen LogP contribution in [0.4, 0.5) is 42.0 Å². The molecule has 2 heterocycles. The largest absolute Gasteiger partial charge is 0.416 e. The van der Waals surface area contributed by atoms with E-state index in [1.165, 1.54) is 18.3 Å². The highest BCUT2D eigenvalue weighted by molar-refractivity contribution is 6.32. The van der Waals surface area contributed by atoms with E-state index in [4.69, 9.17) is 11.6 Å². The highest BCUT2D eigenvalue weighted by Crippen LogP contribution is 2.32. The van der Waals surface area contributed by atoms with E-state index in [9.17, 15) is 13.2 Å². The van der Waals surface area contributed by atoms with Crippen LogP contribution in [0.2, 0.25) is 5.02 Å². The van der Waals surface area contributed by atoms with Crippen molar-refractivity contribution in [1.29, 1.82) is 0 Å². The van der Waals surface area contributed by atoms with E-state index in [1.54, 1.807) is 0 Å². The molecule has 0 unspecified atom stereocenters. The number of benzene rings is 2. The van der Waals surface area contributed by atoms with E-state index in [0.29, 0.717) is 0 Å². The highest BCUT2D eigenvalue weighted by Gasteiger charge is 2.30. The lowest BCUT2D eigenvalue weighted by molar-refractivity contribution is -0.137. The minimum absolute atomic E-state index is 0.193. The maximum Gasteiger partial charge on any atom is 0.416 e. The van der Waals surface area contributed by atoms with Crippen molar-refractivity contribution in [2.24, 2.45) is 0 Å². The summed E-state index contributed by atoms with van der Waals surface area (Å²) < 4.78 is 38.9. The number of piperazine rings is 1. The van der Waals surface area contributed by atoms with Gasteiger partial charge in [-0.3, -0.25) is 0 Å². The molecule has 1 saturated heterocycles. The molecule has 1 aliphatic rings. The Morgan fingerprint density at radius 3 is 2.34 bits per heavy atom. The summed E-state index contributed by atoms with van der Waals surface area (Å²) in [5.41, 5.74) is 1.40. The van der Waals surface area contributed by atoms with Gasteiger partial charge in [0, 0.05) is 43.2 Å². The molecule has 2 N–H and O–H groups in total. The number of alkyl halides is 3. The SMILES string of the molecule is CN1CCN(c2ccc(Nc3ncc(Cl)c(Nc4cccc(C(F)(F)F)c4)n3)cc2)CC1. The lowest BCUT2D eigenvalue weighted by Crippen LogP contribution is -2.44. The molecule has 0 amide bonds. The molecular formula is C22H22ClF3N6. The first kappa shape index (κ1) is 22.2. The Bertz CT molecular complexity index is 1070. The van der Waals surface area contributed by atoms with Crippen LogP contribution in [0.3, 0.4) is 0 Å². The number of nitrogens with one attached hydrogen (secondary N) is 2. The predicted molar refractivity (Wildman–Crippen MR) is 121 cm³/mol. The van der Waals surface area contributed by atoms with Gasteiger partial charge in [0.15, 0.2) is 5.82 Å². The van der Waals surface area contributed by atoms with E-state index in [-0.39, 0.29) is 22.5 Å². The standard InChI is InChI=1S/C22H22ClF3N6/c1-31-9-11-32(12-10-31)18-7-5-16(6-8-18)29-21-27-14-19(23)20(30-21)28-17-4-2-3-15(13-17)22(24,25)26/h2-8,13-14H,9-12H2,1H3,(H2,27,28,29,30). The van der Waals surface area contributed by atoms with Crippen LogP contribution in [0.15, 0.2) is 54.7 Å². The van der Waals surface area contributed by atoms with Crippen molar-refractivity contribution >= 4 is 40.4 Å². The zero-order chi connectivity index (χ0) is 22.7. The first-order chi connectivity index (χ1) is 15.3. The van der Waals surface area contributed by atoms with Gasteiger partial charge in [-0.25, -0.2) is 4.98 Å². The van der Waals surface area contributed by atoms with Crippen molar-refractivity contribution in [3.63, 3.8) is 0 Å². The summed E-state index contributed by atoms with van der Waals surface area (Å²) in [4.78, 5) is 13.1. The second-order valence-corrected chi connectivity index (χ2v) is 7.96. The van der Waals surface area contributed by atoms with E-state index in [0.717, 1.165) is 49.7 Å². The van der Waals surface area contributed by atoms with Crippen LogP contribution in [0.5, 0.6) is 0 Å². The summed E-state index contributed by atoms with van der Waals surface area (Å²) >= 11 is 6.15. The molecule has 0 aliphatic carbocycles. The Hall–Kier alpha value is -3.04. The number of anilines is 5. The molecule has 6 nitrogen and oxygen atoms in total. The van der Waals surface area contributed by atoms with E-state index < -0.39 is 11.7 Å². The maximum absolute atomic E-state index is 13.0. The summed E-state index contributed by atoms with van der Waals surface area (Å²) in [5, 5.41) is 6.13. The first-order valence-electron chi connectivity index (χ1n) is 10.1. The molecule has 4 rings (SSSR count). The summed E-state index contributed by atoms with van der Waals surface area (Å²) in [6.07, 6.45) is -3.04. The molecule has 2 aromatic carbocycles. The third-order valence-electron chi connectivity index (χ3n) is 5.19. The molecule has 168 valence electrons. The van der Waals surface area contributed by atoms with Gasteiger partial charge in [-0.2, -0.15) is 18.2 Å². The quantitative estimate of drug-likeness (QED) is 0.530. The van der Waals surface area contributed by atoms with E-state index in [2.05, 4.69) is 37.4 Å². The second-order valence-electron chi connectivity index (χ2n) is 7.56. The molecule has 0 atom stereocenters. The van der Waals surface area contributed by atoms with Gasteiger partial charge in [0.1, 0.15) is 5.02 Å². The van der Waals surface area contributed by atoms with Crippen molar-refractivity contribution in [1.82, 2.24) is 14.9 Å². The number of aromatic nitrogens is 2. The Morgan fingerprint density at radius 2 is 1.66 bits per heavy atom. The highest BCUT2D eigenvalue weighted by atomic mass is 35.5. The van der Waals surface area contributed by atoms with Crippen LogP contribution in [0, 0.1) is 0 Å². The fourth-order valence-electron chi connectivity index (χ4n) is 3.37. The number of nitrogens with zero attached hydrogens (tertiary/aromatic N) is 4. The van der Waals surface area contributed by atoms with Crippen molar-refractivity contribution in [3.05, 3.63) is 65.3 Å². The molecule has 1 fully saturated rings. The van der Waals surface area contributed by atoms with E-state index >= 15 is 0 Å². The van der Waals surface area contributed by atoms with Crippen LogP contribution in [0.25, 0.3) is 0 Å². The van der Waals surface area contributed by atoms with Crippen LogP contribution in [-0.2, 0) is 6.18 Å². The Kier molecular flexibility index (Phi) is 6.38. The van der Waals surface area contributed by atoms with Crippen LogP contribution >= 0.6 is 11.6 Å². The van der Waals surface area contributed by atoms with Gasteiger partial charge in [-0.05, 0) is 49.5 Å². The minimum atomic E-state index is -4.43. The van der Waals surface area contributed by atoms with Crippen molar-refractivity contribution in [3.8, 4) is 0 Å². The maximum atomic E-state index is 13.0. The van der Waals surface area contributed by atoms with Gasteiger partial charge < -0.3 is 20.4 Å². The third-order valence-corrected chi connectivity index (χ3v) is 5.47. The number of halogens is 4. The Morgan fingerprint density at radius 1 is 0.938 bits per heavy atom. The number of rotatable bonds is 5. The van der Waals surface area contributed by atoms with Crippen molar-refractivity contribution in [2.75, 3.05) is 48.8 Å². The number of hydrogen-bond acceptors (Lipinski definition) is 6. The van der Waals surface area contributed by atoms with E-state index in [1.807, 2.05) is 24.3 Å². The van der Waals surface area contributed by atoms with Crippen molar-refractivity contribution < 1.29 is 13.2 Å². The zero-order valence-electron chi connectivity index (χ0n) is 17.3. The molecular weight excluding hydrogens is 441 g/mol. The predicted octanol–water partition coefficient (Wildman–Crippen LogP) is 5.39. The Balaban J connectivity index is 1.46. The van der Waals surface area contributed by atoms with Gasteiger partial charge in [-0.15, -0.1) is 0 Å². The van der Waals surface area contributed by atoms with Crippen LogP contribution < -0.4 is 15.5 Å². The minimum Gasteiger partial charge on any atom is -0.369 e. The first-order valence-corrected chi connectivity index (χ1v) is 10.4. The number of hydrogen-bond donors (Lipinski definition) is 2. The molecule has 1 aliphatic heterocycles. The fraction of sp³-hybridized carbons (Fsp3) is 0.273. The molecule has 32 heavy (non-hydrogen) atoms. The van der Waals surface area contributed by atoms with Crippen LogP contribution in [0.1, 0.15) is 5.56 Å². The third kappa shape index (κ3) is 5.41. The number of likely N-dealkylation sites (N-methyl/N-ethyl adjacent to an activating group) is 1. The average molecular weight is 463 g/mol. The van der Waals surface area contributed by atoms with Crippen molar-refractivity contribution in [2.45, 2.75) is 6.18 Å². The average Bonchev–Trinajstić information content (AvgIpc) is 2.77. The summed E-state index contributed by atoms with van der Waals surface area (Å²) in [6.45, 7) is 4.02. The topological polar surface area (TPSA) is 56.3 Å². The molecule has 3 aromatic rings. The normalized spacial score (nSPS) is 15.0. The molecule has 10 heteroatoms. The van der Waals surface area contributed by atoms with Gasteiger partial charge in [-0.1, -0.05) is 17.7 Å². The molecule has 0 spiro atoms. The Labute approximate surface area is 189 Å². The van der Waals surface area contributed by atoms with Gasteiger partial charge >= 0.3 is 6.18 Å². The summed E-state index contributed by atoms with van der Waals surface area (Å²) in [7, 11) is 2.12. The summed E-state index contributed by atoms with van der Waals surface area (Å²) in [6, 6.07) is 12.8. The zero-order valence-corrected chi connectivity index (χ0v) is 18.1. The smallest absolute Gasteiger partial charge is 0.369 e. The fourth-order valence-corrected chi connectivity index (χ4v) is 3.51. The molecule has 1 aromatic heterocycles.